The Bertz CT molecular complexity index is 1340. The van der Waals surface area contributed by atoms with Gasteiger partial charge in [0.25, 0.3) is 0 Å². The number of rotatable bonds is 7. The van der Waals surface area contributed by atoms with Gasteiger partial charge in [0.05, 0.1) is 22.5 Å². The first kappa shape index (κ1) is 26.9. The summed E-state index contributed by atoms with van der Waals surface area (Å²) in [5.41, 5.74) is 4.75. The number of aryl methyl sites for hydroxylation is 1. The fourth-order valence-corrected chi connectivity index (χ4v) is 6.79. The van der Waals surface area contributed by atoms with Gasteiger partial charge in [-0.15, -0.1) is 11.3 Å². The van der Waals surface area contributed by atoms with Crippen LogP contribution in [-0.2, 0) is 17.8 Å². The number of alkyl halides is 1. The van der Waals surface area contributed by atoms with Crippen LogP contribution in [0.25, 0.3) is 21.5 Å². The number of benzene rings is 1. The minimum Gasteiger partial charge on any atom is -0.337 e. The van der Waals surface area contributed by atoms with Crippen LogP contribution in [0, 0.1) is 6.92 Å². The second-order valence-electron chi connectivity index (χ2n) is 10.2. The highest BCUT2D eigenvalue weighted by Crippen LogP contribution is 2.37. The lowest BCUT2D eigenvalue weighted by molar-refractivity contribution is -0.129. The number of amides is 3. The first-order chi connectivity index (χ1) is 18.2. The topological polar surface area (TPSA) is 90.5 Å². The summed E-state index contributed by atoms with van der Waals surface area (Å²) in [6.45, 7) is 9.21. The van der Waals surface area contributed by atoms with Crippen molar-refractivity contribution < 1.29 is 14.0 Å². The average molecular weight is 559 g/mol. The van der Waals surface area contributed by atoms with Gasteiger partial charge in [0.2, 0.25) is 5.91 Å². The number of hydrogen-bond acceptors (Lipinski definition) is 7. The van der Waals surface area contributed by atoms with Crippen molar-refractivity contribution in [2.24, 2.45) is 0 Å². The Morgan fingerprint density at radius 2 is 1.95 bits per heavy atom. The summed E-state index contributed by atoms with van der Waals surface area (Å²) < 4.78 is 15.9. The molecule has 2 aliphatic heterocycles. The van der Waals surface area contributed by atoms with Crippen molar-refractivity contribution in [2.75, 3.05) is 26.2 Å². The zero-order chi connectivity index (χ0) is 27.0. The number of carbonyl (C=O) groups is 2. The Morgan fingerprint density at radius 3 is 2.68 bits per heavy atom. The summed E-state index contributed by atoms with van der Waals surface area (Å²) >= 11 is 7.98. The van der Waals surface area contributed by atoms with Crippen LogP contribution in [0.5, 0.6) is 0 Å². The first-order valence-electron chi connectivity index (χ1n) is 12.9. The number of fused-ring (bicyclic) bond motifs is 1. The number of urea groups is 1. The number of imide groups is 1. The van der Waals surface area contributed by atoms with Crippen LogP contribution in [0.2, 0.25) is 5.02 Å². The molecule has 2 fully saturated rings. The summed E-state index contributed by atoms with van der Waals surface area (Å²) in [5.74, 6) is -0.349. The summed E-state index contributed by atoms with van der Waals surface area (Å²) in [6.07, 6.45) is 0.419. The van der Waals surface area contributed by atoms with Gasteiger partial charge in [-0.1, -0.05) is 11.6 Å². The molecular formula is C27H32ClFN6O2S. The van der Waals surface area contributed by atoms with Crippen LogP contribution in [0.15, 0.2) is 24.5 Å². The molecular weight excluding hydrogens is 527 g/mol. The summed E-state index contributed by atoms with van der Waals surface area (Å²) in [5, 5.41) is 6.72. The van der Waals surface area contributed by atoms with E-state index in [9.17, 15) is 9.59 Å². The number of thiophene rings is 1. The maximum absolute atomic E-state index is 15.0. The molecule has 0 radical (unpaired) electrons. The van der Waals surface area contributed by atoms with Crippen molar-refractivity contribution in [3.8, 4) is 11.3 Å². The van der Waals surface area contributed by atoms with E-state index in [1.165, 1.54) is 23.2 Å². The number of aromatic nitrogens is 2. The van der Waals surface area contributed by atoms with E-state index < -0.39 is 12.2 Å². The van der Waals surface area contributed by atoms with E-state index in [0.717, 1.165) is 56.4 Å². The lowest BCUT2D eigenvalue weighted by Crippen LogP contribution is -2.54. The fraction of sp³-hybridized carbons (Fsp3) is 0.481. The maximum Gasteiger partial charge on any atom is 0.324 e. The predicted octanol–water partition coefficient (Wildman–Crippen LogP) is 4.32. The summed E-state index contributed by atoms with van der Waals surface area (Å²) in [7, 11) is 0. The Labute approximate surface area is 230 Å². The molecule has 4 heterocycles. The maximum atomic E-state index is 15.0. The monoisotopic (exact) mass is 558 g/mol. The van der Waals surface area contributed by atoms with E-state index in [2.05, 4.69) is 46.3 Å². The number of hydrogen-bond donors (Lipinski definition) is 2. The highest BCUT2D eigenvalue weighted by Gasteiger charge is 2.29. The van der Waals surface area contributed by atoms with E-state index in [-0.39, 0.29) is 25.3 Å². The lowest BCUT2D eigenvalue weighted by Gasteiger charge is -2.40. The van der Waals surface area contributed by atoms with Crippen LogP contribution < -0.4 is 10.6 Å². The fourth-order valence-electron chi connectivity index (χ4n) is 5.34. The molecule has 2 N–H and O–H groups in total. The quantitative estimate of drug-likeness (QED) is 0.449. The van der Waals surface area contributed by atoms with Crippen LogP contribution in [-0.4, -0.2) is 76.1 Å². The third kappa shape index (κ3) is 5.54. The molecule has 2 aliphatic rings. The van der Waals surface area contributed by atoms with Crippen LogP contribution >= 0.6 is 22.9 Å². The number of halogens is 2. The predicted molar refractivity (Wildman–Crippen MR) is 148 cm³/mol. The van der Waals surface area contributed by atoms with Gasteiger partial charge in [-0.2, -0.15) is 0 Å². The highest BCUT2D eigenvalue weighted by molar-refractivity contribution is 7.19. The molecule has 3 atom stereocenters. The van der Waals surface area contributed by atoms with Crippen LogP contribution in [0.3, 0.4) is 0 Å². The van der Waals surface area contributed by atoms with Crippen molar-refractivity contribution in [1.82, 2.24) is 30.4 Å². The van der Waals surface area contributed by atoms with Gasteiger partial charge >= 0.3 is 6.03 Å². The van der Waals surface area contributed by atoms with E-state index >= 15 is 4.39 Å². The Balaban J connectivity index is 1.45. The number of nitrogens with one attached hydrogen (secondary N) is 2. The van der Waals surface area contributed by atoms with Crippen molar-refractivity contribution in [2.45, 2.75) is 58.4 Å². The van der Waals surface area contributed by atoms with Gasteiger partial charge in [0, 0.05) is 66.6 Å². The zero-order valence-electron chi connectivity index (χ0n) is 21.8. The highest BCUT2D eigenvalue weighted by atomic mass is 35.5. The smallest absolute Gasteiger partial charge is 0.324 e. The summed E-state index contributed by atoms with van der Waals surface area (Å²) in [4.78, 5) is 37.4. The average Bonchev–Trinajstić information content (AvgIpc) is 3.27. The molecule has 1 unspecified atom stereocenters. The molecule has 0 spiro atoms. The molecule has 1 aromatic carbocycles. The van der Waals surface area contributed by atoms with E-state index in [1.54, 1.807) is 0 Å². The molecule has 11 heteroatoms. The minimum atomic E-state index is -1.38. The van der Waals surface area contributed by atoms with Crippen molar-refractivity contribution >= 4 is 45.1 Å². The molecule has 2 aromatic heterocycles. The first-order valence-corrected chi connectivity index (χ1v) is 14.1. The molecule has 3 amide bonds. The largest absolute Gasteiger partial charge is 0.337 e. The molecule has 202 valence electrons. The molecule has 8 nitrogen and oxygen atoms in total. The SMILES string of the molecule is Cc1cc(Cl)cc(-c2ncnc3cc(CC(F)CN4C(=O)CCNC4=O)sc23)c1CN1[C@@H](C)CNC[C@@H]1C. The normalized spacial score (nSPS) is 21.7. The zero-order valence-corrected chi connectivity index (χ0v) is 23.3. The Morgan fingerprint density at radius 1 is 1.18 bits per heavy atom. The summed E-state index contributed by atoms with van der Waals surface area (Å²) in [6, 6.07) is 6.05. The molecule has 38 heavy (non-hydrogen) atoms. The third-order valence-corrected chi connectivity index (χ3v) is 8.74. The number of piperazine rings is 1. The third-order valence-electron chi connectivity index (χ3n) is 7.37. The van der Waals surface area contributed by atoms with Gasteiger partial charge in [-0.3, -0.25) is 14.6 Å². The molecule has 0 bridgehead atoms. The van der Waals surface area contributed by atoms with Crippen molar-refractivity contribution in [3.63, 3.8) is 0 Å². The molecule has 0 aliphatic carbocycles. The minimum absolute atomic E-state index is 0.0781. The van der Waals surface area contributed by atoms with E-state index in [0.29, 0.717) is 23.7 Å². The molecule has 2 saturated heterocycles. The van der Waals surface area contributed by atoms with E-state index in [4.69, 9.17) is 11.6 Å². The van der Waals surface area contributed by atoms with Crippen LogP contribution in [0.4, 0.5) is 9.18 Å². The van der Waals surface area contributed by atoms with Crippen molar-refractivity contribution in [1.29, 1.82) is 0 Å². The molecule has 3 aromatic rings. The van der Waals surface area contributed by atoms with Gasteiger partial charge in [-0.05, 0) is 50.1 Å². The van der Waals surface area contributed by atoms with Crippen molar-refractivity contribution in [3.05, 3.63) is 45.6 Å². The number of nitrogens with zero attached hydrogens (tertiary/aromatic N) is 4. The molecule has 0 saturated carbocycles. The lowest BCUT2D eigenvalue weighted by atomic mass is 9.96. The van der Waals surface area contributed by atoms with Gasteiger partial charge in [-0.25, -0.2) is 19.2 Å². The van der Waals surface area contributed by atoms with Gasteiger partial charge < -0.3 is 10.6 Å². The number of carbonyl (C=O) groups excluding carboxylic acids is 2. The van der Waals surface area contributed by atoms with E-state index in [1.807, 2.05) is 18.2 Å². The molecule has 5 rings (SSSR count). The second-order valence-corrected chi connectivity index (χ2v) is 11.8. The van der Waals surface area contributed by atoms with Crippen LogP contribution in [0.1, 0.15) is 36.3 Å². The Kier molecular flexibility index (Phi) is 7.95. The van der Waals surface area contributed by atoms with Gasteiger partial charge in [0.15, 0.2) is 0 Å². The Hall–Kier alpha value is -2.66. The van der Waals surface area contributed by atoms with Gasteiger partial charge in [0.1, 0.15) is 12.5 Å². The standard InChI is InChI=1S/C27H32ClFN6O2S/c1-15-6-18(28)7-21(22(15)13-34-16(2)10-30-11-17(34)3)25-26-23(32-14-33-25)9-20(38-26)8-19(29)12-35-24(36)4-5-31-27(35)37/h6-7,9,14,16-17,19,30H,4-5,8,10-13H2,1-3H3,(H,31,37)/t16-,17-,19?/m0/s1. The second kappa shape index (κ2) is 11.2.